The molecule has 0 spiro atoms. The van der Waals surface area contributed by atoms with Gasteiger partial charge in [-0.3, -0.25) is 0 Å². The van der Waals surface area contributed by atoms with E-state index in [1.54, 1.807) is 0 Å². The Labute approximate surface area is 454 Å². The number of allylic oxidation sites excluding steroid dienone is 1. The molecule has 370 valence electrons. The minimum atomic E-state index is -0.403. The summed E-state index contributed by atoms with van der Waals surface area (Å²) in [6, 6.07) is 87.7. The minimum Gasteiger partial charge on any atom is -0.456 e. The molecule has 0 aliphatic heterocycles. The zero-order valence-corrected chi connectivity index (χ0v) is 43.5. The quantitative estimate of drug-likeness (QED) is 0.152. The van der Waals surface area contributed by atoms with Gasteiger partial charge >= 0.3 is 0 Å². The first-order chi connectivity index (χ1) is 38.4. The zero-order valence-electron chi connectivity index (χ0n) is 43.5. The average Bonchev–Trinajstić information content (AvgIpc) is 4.26. The molecule has 0 amide bonds. The van der Waals surface area contributed by atoms with Crippen molar-refractivity contribution in [1.29, 1.82) is 0 Å². The van der Waals surface area contributed by atoms with E-state index in [2.05, 4.69) is 208 Å². The van der Waals surface area contributed by atoms with Crippen LogP contribution in [0.3, 0.4) is 0 Å². The lowest BCUT2D eigenvalue weighted by Gasteiger charge is -2.34. The fourth-order valence-corrected chi connectivity index (χ4v) is 11.7. The highest BCUT2D eigenvalue weighted by molar-refractivity contribution is 6.13. The second-order valence-corrected chi connectivity index (χ2v) is 20.0. The maximum Gasteiger partial charge on any atom is 0.164 e. The largest absolute Gasteiger partial charge is 0.456 e. The van der Waals surface area contributed by atoms with Crippen molar-refractivity contribution in [2.24, 2.45) is 0 Å². The maximum atomic E-state index is 6.33. The van der Waals surface area contributed by atoms with Crippen LogP contribution < -0.4 is 10.4 Å². The van der Waals surface area contributed by atoms with Gasteiger partial charge < -0.3 is 4.42 Å². The van der Waals surface area contributed by atoms with E-state index in [0.29, 0.717) is 17.5 Å². The third kappa shape index (κ3) is 8.23. The van der Waals surface area contributed by atoms with Crippen molar-refractivity contribution >= 4 is 51.9 Å². The highest BCUT2D eigenvalue weighted by atomic mass is 16.3. The van der Waals surface area contributed by atoms with Crippen LogP contribution in [0.25, 0.3) is 119 Å². The summed E-state index contributed by atoms with van der Waals surface area (Å²) in [6.07, 6.45) is 4.21. The van der Waals surface area contributed by atoms with E-state index in [1.807, 2.05) is 79.7 Å². The van der Waals surface area contributed by atoms with E-state index in [1.165, 1.54) is 66.6 Å². The number of benzene rings is 11. The molecule has 1 aliphatic rings. The van der Waals surface area contributed by atoms with Crippen molar-refractivity contribution < 1.29 is 4.42 Å². The van der Waals surface area contributed by atoms with Gasteiger partial charge in [-0.1, -0.05) is 244 Å². The lowest BCUT2D eigenvalue weighted by Crippen LogP contribution is -2.28. The van der Waals surface area contributed by atoms with E-state index in [9.17, 15) is 0 Å². The van der Waals surface area contributed by atoms with Gasteiger partial charge in [0, 0.05) is 27.5 Å². The number of aromatic nitrogens is 3. The Balaban J connectivity index is 0.000000149. The molecule has 11 aromatic carbocycles. The molecular formula is C74H53N3O. The molecule has 0 bridgehead atoms. The van der Waals surface area contributed by atoms with Gasteiger partial charge in [-0.15, -0.1) is 0 Å². The molecule has 1 aliphatic carbocycles. The average molecular weight is 1000 g/mol. The van der Waals surface area contributed by atoms with Gasteiger partial charge in [-0.05, 0) is 132 Å². The molecule has 4 heteroatoms. The molecule has 0 radical (unpaired) electrons. The summed E-state index contributed by atoms with van der Waals surface area (Å²) >= 11 is 0. The van der Waals surface area contributed by atoms with Crippen molar-refractivity contribution in [2.75, 3.05) is 0 Å². The van der Waals surface area contributed by atoms with Crippen LogP contribution in [0.2, 0.25) is 0 Å². The number of aryl methyl sites for hydroxylation is 1. The fraction of sp³-hybridized carbons (Fsp3) is 0.0405. The highest BCUT2D eigenvalue weighted by Gasteiger charge is 2.46. The summed E-state index contributed by atoms with van der Waals surface area (Å²) in [5.41, 5.74) is 19.0. The van der Waals surface area contributed by atoms with Crippen molar-refractivity contribution in [1.82, 2.24) is 15.0 Å². The molecule has 0 saturated carbocycles. The Morgan fingerprint density at radius 2 is 0.949 bits per heavy atom. The van der Waals surface area contributed by atoms with Crippen molar-refractivity contribution in [3.63, 3.8) is 0 Å². The van der Waals surface area contributed by atoms with Gasteiger partial charge in [0.25, 0.3) is 0 Å². The van der Waals surface area contributed by atoms with E-state index >= 15 is 0 Å². The summed E-state index contributed by atoms with van der Waals surface area (Å²) in [4.78, 5) is 14.8. The molecule has 0 unspecified atom stereocenters. The number of fused-ring (bicyclic) bond motifs is 7. The third-order valence-electron chi connectivity index (χ3n) is 15.4. The van der Waals surface area contributed by atoms with E-state index in [0.717, 1.165) is 60.0 Å². The fourth-order valence-electron chi connectivity index (χ4n) is 11.7. The van der Waals surface area contributed by atoms with Crippen LogP contribution in [0.5, 0.6) is 0 Å². The Kier molecular flexibility index (Phi) is 12.2. The first-order valence-corrected chi connectivity index (χ1v) is 26.5. The minimum absolute atomic E-state index is 0.403. The summed E-state index contributed by atoms with van der Waals surface area (Å²) in [5.74, 6) is 1.89. The molecule has 13 aromatic rings. The summed E-state index contributed by atoms with van der Waals surface area (Å²) in [5, 5.41) is 6.36. The Hall–Kier alpha value is -10.0. The Morgan fingerprint density at radius 3 is 1.62 bits per heavy atom. The Morgan fingerprint density at radius 1 is 0.397 bits per heavy atom. The second kappa shape index (κ2) is 19.9. The molecule has 0 atom stereocenters. The van der Waals surface area contributed by atoms with Crippen LogP contribution in [0.1, 0.15) is 40.3 Å². The summed E-state index contributed by atoms with van der Waals surface area (Å²) < 4.78 is 6.33. The number of hydrogen-bond donors (Lipinski definition) is 0. The Bertz CT molecular complexity index is 4450. The molecule has 0 saturated heterocycles. The topological polar surface area (TPSA) is 51.8 Å². The smallest absolute Gasteiger partial charge is 0.164 e. The van der Waals surface area contributed by atoms with Crippen molar-refractivity contribution in [2.45, 2.75) is 19.3 Å². The molecule has 14 rings (SSSR count). The second-order valence-electron chi connectivity index (χ2n) is 20.0. The number of nitrogens with zero attached hydrogens (tertiary/aromatic N) is 3. The molecular weight excluding hydrogens is 947 g/mol. The van der Waals surface area contributed by atoms with E-state index < -0.39 is 5.41 Å². The zero-order chi connectivity index (χ0) is 52.7. The lowest BCUT2D eigenvalue weighted by molar-refractivity contribution is 0.669. The third-order valence-corrected chi connectivity index (χ3v) is 15.4. The number of rotatable bonds is 8. The van der Waals surface area contributed by atoms with Crippen LogP contribution in [-0.4, -0.2) is 15.0 Å². The normalized spacial score (nSPS) is 12.4. The first kappa shape index (κ1) is 47.7. The molecule has 0 N–H and O–H groups in total. The lowest BCUT2D eigenvalue weighted by atomic mass is 9.67. The molecule has 4 nitrogen and oxygen atoms in total. The van der Waals surface area contributed by atoms with Gasteiger partial charge in [-0.25, -0.2) is 15.0 Å². The molecule has 78 heavy (non-hydrogen) atoms. The highest BCUT2D eigenvalue weighted by Crippen LogP contribution is 2.57. The van der Waals surface area contributed by atoms with Crippen LogP contribution in [0.4, 0.5) is 0 Å². The van der Waals surface area contributed by atoms with Gasteiger partial charge in [-0.2, -0.15) is 0 Å². The maximum absolute atomic E-state index is 6.33. The summed E-state index contributed by atoms with van der Waals surface area (Å²) in [6.45, 7) is 12.8. The van der Waals surface area contributed by atoms with E-state index in [-0.39, 0.29) is 0 Å². The molecule has 2 aromatic heterocycles. The summed E-state index contributed by atoms with van der Waals surface area (Å²) in [7, 11) is 0. The monoisotopic (exact) mass is 999 g/mol. The van der Waals surface area contributed by atoms with Crippen LogP contribution in [0, 0.1) is 6.92 Å². The van der Waals surface area contributed by atoms with Gasteiger partial charge in [0.2, 0.25) is 0 Å². The van der Waals surface area contributed by atoms with Gasteiger partial charge in [0.1, 0.15) is 11.2 Å². The van der Waals surface area contributed by atoms with Gasteiger partial charge in [0.05, 0.1) is 5.41 Å². The number of furan rings is 1. The first-order valence-electron chi connectivity index (χ1n) is 26.5. The number of hydrogen-bond acceptors (Lipinski definition) is 4. The molecule has 0 fully saturated rings. The predicted molar refractivity (Wildman–Crippen MR) is 325 cm³/mol. The predicted octanol–water partition coefficient (Wildman–Crippen LogP) is 17.5. The van der Waals surface area contributed by atoms with Crippen molar-refractivity contribution in [3.05, 3.63) is 299 Å². The van der Waals surface area contributed by atoms with Crippen LogP contribution >= 0.6 is 0 Å². The molecule has 2 heterocycles. The van der Waals surface area contributed by atoms with E-state index in [4.69, 9.17) is 19.4 Å². The van der Waals surface area contributed by atoms with Crippen molar-refractivity contribution in [3.8, 4) is 67.5 Å². The standard InChI is InChI=1S/C37H27N3O.C37H26/c1-3-11-25-18-19-28(22-24(25)2)29-20-21-32-31(23-29)34-30(16-10-17-33(34)41-32)37-39-35(26-12-6-4-7-13-26)38-36(40-37)27-14-8-5-9-15-27;1-25-23-34(31-18-10-9-17-30(31)26(25)2)27-21-22-33-32-19-11-12-20-35(32)37(36(33)24-27,28-13-5-3-6-14-28)29-15-7-4-8-16-29/h3-23H,1-2H3;3-24H,1-2H2/b11-3-;. The van der Waals surface area contributed by atoms with Gasteiger partial charge in [0.15, 0.2) is 17.5 Å². The van der Waals surface area contributed by atoms with Crippen LogP contribution in [-0.2, 0) is 5.41 Å². The SMILES string of the molecule is C/C=C\c1ccc(-c2ccc3oc4cccc(-c5nc(-c6ccccc6)nc(-c6ccccc6)n5)c4c3c2)cc1C.C=c1cc(-c2ccc3c(c2)C(c2ccccc2)(c2ccccc2)c2ccccc2-3)c2ccccc2c1=C. The van der Waals surface area contributed by atoms with Crippen LogP contribution in [0.15, 0.2) is 259 Å².